The van der Waals surface area contributed by atoms with Gasteiger partial charge in [-0.1, -0.05) is 5.16 Å². The van der Waals surface area contributed by atoms with Crippen LogP contribution in [0.5, 0.6) is 0 Å². The predicted molar refractivity (Wildman–Crippen MR) is 64.7 cm³/mol. The molecule has 2 heterocycles. The van der Waals surface area contributed by atoms with E-state index in [9.17, 15) is 5.11 Å². The van der Waals surface area contributed by atoms with E-state index in [1.165, 1.54) is 0 Å². The third kappa shape index (κ3) is 3.51. The van der Waals surface area contributed by atoms with Crippen molar-refractivity contribution in [2.75, 3.05) is 20.2 Å². The zero-order chi connectivity index (χ0) is 13.0. The second kappa shape index (κ2) is 6.26. The van der Waals surface area contributed by atoms with Crippen LogP contribution in [0, 0.1) is 5.92 Å². The van der Waals surface area contributed by atoms with Crippen molar-refractivity contribution in [1.82, 2.24) is 15.0 Å². The number of ether oxygens (including phenoxy) is 1. The smallest absolute Gasteiger partial charge is 0.252 e. The largest absolute Gasteiger partial charge is 0.393 e. The molecule has 6 heteroatoms. The van der Waals surface area contributed by atoms with Crippen LogP contribution in [0.2, 0.25) is 0 Å². The van der Waals surface area contributed by atoms with Crippen molar-refractivity contribution in [2.45, 2.75) is 39.0 Å². The van der Waals surface area contributed by atoms with Gasteiger partial charge in [-0.15, -0.1) is 0 Å². The Morgan fingerprint density at radius 1 is 1.61 bits per heavy atom. The number of piperidine rings is 1. The van der Waals surface area contributed by atoms with E-state index in [2.05, 4.69) is 15.0 Å². The molecule has 0 aromatic carbocycles. The standard InChI is InChI=1S/C12H21N3O3/c1-9(16)10-4-3-5-15(6-10)7-11-13-12(8-17-2)18-14-11/h9-10,16H,3-8H2,1-2H3. The van der Waals surface area contributed by atoms with Crippen LogP contribution in [0.4, 0.5) is 0 Å². The number of likely N-dealkylation sites (tertiary alicyclic amines) is 1. The van der Waals surface area contributed by atoms with Gasteiger partial charge in [0.15, 0.2) is 5.82 Å². The average Bonchev–Trinajstić information content (AvgIpc) is 2.77. The van der Waals surface area contributed by atoms with Gasteiger partial charge in [0, 0.05) is 13.7 Å². The third-order valence-electron chi connectivity index (χ3n) is 3.37. The van der Waals surface area contributed by atoms with Crippen molar-refractivity contribution in [2.24, 2.45) is 5.92 Å². The van der Waals surface area contributed by atoms with Crippen LogP contribution < -0.4 is 0 Å². The molecule has 102 valence electrons. The normalized spacial score (nSPS) is 23.2. The van der Waals surface area contributed by atoms with E-state index in [1.54, 1.807) is 7.11 Å². The van der Waals surface area contributed by atoms with Crippen molar-refractivity contribution in [3.05, 3.63) is 11.7 Å². The molecule has 2 unspecified atom stereocenters. The van der Waals surface area contributed by atoms with Crippen molar-refractivity contribution in [3.63, 3.8) is 0 Å². The van der Waals surface area contributed by atoms with Crippen LogP contribution in [0.3, 0.4) is 0 Å². The summed E-state index contributed by atoms with van der Waals surface area (Å²) in [5.41, 5.74) is 0. The Morgan fingerprint density at radius 3 is 3.17 bits per heavy atom. The van der Waals surface area contributed by atoms with Gasteiger partial charge in [0.25, 0.3) is 5.89 Å². The number of hydrogen-bond acceptors (Lipinski definition) is 6. The summed E-state index contributed by atoms with van der Waals surface area (Å²) < 4.78 is 10.00. The molecule has 1 saturated heterocycles. The Kier molecular flexibility index (Phi) is 4.68. The highest BCUT2D eigenvalue weighted by Gasteiger charge is 2.24. The van der Waals surface area contributed by atoms with E-state index >= 15 is 0 Å². The minimum atomic E-state index is -0.248. The topological polar surface area (TPSA) is 71.6 Å². The molecule has 1 N–H and O–H groups in total. The number of hydrogen-bond donors (Lipinski definition) is 1. The first-order chi connectivity index (χ1) is 8.69. The third-order valence-corrected chi connectivity index (χ3v) is 3.37. The molecular formula is C12H21N3O3. The predicted octanol–water partition coefficient (Wildman–Crippen LogP) is 0.809. The maximum atomic E-state index is 9.64. The Morgan fingerprint density at radius 2 is 2.44 bits per heavy atom. The Labute approximate surface area is 107 Å². The summed E-state index contributed by atoms with van der Waals surface area (Å²) in [5, 5.41) is 13.6. The van der Waals surface area contributed by atoms with Gasteiger partial charge in [-0.25, -0.2) is 0 Å². The van der Waals surface area contributed by atoms with Gasteiger partial charge >= 0.3 is 0 Å². The molecule has 1 aliphatic rings. The first-order valence-corrected chi connectivity index (χ1v) is 6.40. The molecule has 1 aromatic heterocycles. The van der Waals surface area contributed by atoms with E-state index in [4.69, 9.17) is 9.26 Å². The van der Waals surface area contributed by atoms with Gasteiger partial charge in [0.05, 0.1) is 12.6 Å². The highest BCUT2D eigenvalue weighted by molar-refractivity contribution is 4.87. The molecule has 0 bridgehead atoms. The lowest BCUT2D eigenvalue weighted by molar-refractivity contribution is 0.0586. The molecule has 2 atom stereocenters. The summed E-state index contributed by atoms with van der Waals surface area (Å²) in [6.07, 6.45) is 1.95. The SMILES string of the molecule is COCc1nc(CN2CCCC(C(C)O)C2)no1. The molecule has 1 aromatic rings. The second-order valence-corrected chi connectivity index (χ2v) is 4.92. The zero-order valence-corrected chi connectivity index (χ0v) is 11.0. The molecule has 0 saturated carbocycles. The van der Waals surface area contributed by atoms with Crippen LogP contribution in [0.15, 0.2) is 4.52 Å². The Hall–Kier alpha value is -0.980. The molecule has 1 aliphatic heterocycles. The summed E-state index contributed by atoms with van der Waals surface area (Å²) >= 11 is 0. The summed E-state index contributed by atoms with van der Waals surface area (Å²) in [5.74, 6) is 1.55. The minimum absolute atomic E-state index is 0.248. The summed E-state index contributed by atoms with van der Waals surface area (Å²) in [7, 11) is 1.60. The van der Waals surface area contributed by atoms with Crippen molar-refractivity contribution < 1.29 is 14.4 Å². The van der Waals surface area contributed by atoms with E-state index in [0.29, 0.717) is 30.8 Å². The lowest BCUT2D eigenvalue weighted by Crippen LogP contribution is -2.39. The van der Waals surface area contributed by atoms with Gasteiger partial charge in [-0.3, -0.25) is 4.90 Å². The number of nitrogens with zero attached hydrogens (tertiary/aromatic N) is 3. The van der Waals surface area contributed by atoms with Crippen LogP contribution in [-0.2, 0) is 17.9 Å². The first-order valence-electron chi connectivity index (χ1n) is 6.40. The first kappa shape index (κ1) is 13.5. The molecule has 2 rings (SSSR count). The van der Waals surface area contributed by atoms with Crippen LogP contribution in [0.25, 0.3) is 0 Å². The van der Waals surface area contributed by atoms with E-state index in [0.717, 1.165) is 25.9 Å². The van der Waals surface area contributed by atoms with Gasteiger partial charge in [-0.05, 0) is 32.2 Å². The molecule has 0 amide bonds. The van der Waals surface area contributed by atoms with Crippen LogP contribution in [-0.4, -0.2) is 46.5 Å². The lowest BCUT2D eigenvalue weighted by Gasteiger charge is -2.33. The fraction of sp³-hybridized carbons (Fsp3) is 0.833. The van der Waals surface area contributed by atoms with E-state index < -0.39 is 0 Å². The average molecular weight is 255 g/mol. The molecule has 0 radical (unpaired) electrons. The summed E-state index contributed by atoms with van der Waals surface area (Å²) in [6, 6.07) is 0. The maximum Gasteiger partial charge on any atom is 0.252 e. The fourth-order valence-corrected chi connectivity index (χ4v) is 2.37. The van der Waals surface area contributed by atoms with E-state index in [1.807, 2.05) is 6.92 Å². The van der Waals surface area contributed by atoms with Crippen molar-refractivity contribution in [3.8, 4) is 0 Å². The van der Waals surface area contributed by atoms with Crippen LogP contribution >= 0.6 is 0 Å². The fourth-order valence-electron chi connectivity index (χ4n) is 2.37. The number of aliphatic hydroxyl groups excluding tert-OH is 1. The van der Waals surface area contributed by atoms with Gasteiger partial charge in [-0.2, -0.15) is 4.98 Å². The van der Waals surface area contributed by atoms with Gasteiger partial charge in [0.2, 0.25) is 0 Å². The monoisotopic (exact) mass is 255 g/mol. The lowest BCUT2D eigenvalue weighted by atomic mass is 9.93. The number of aliphatic hydroxyl groups is 1. The molecule has 0 spiro atoms. The summed E-state index contributed by atoms with van der Waals surface area (Å²) in [6.45, 7) is 4.81. The molecular weight excluding hydrogens is 234 g/mol. The number of rotatable bonds is 5. The molecule has 18 heavy (non-hydrogen) atoms. The zero-order valence-electron chi connectivity index (χ0n) is 11.0. The Bertz CT molecular complexity index is 367. The molecule has 6 nitrogen and oxygen atoms in total. The Balaban J connectivity index is 1.87. The summed E-state index contributed by atoms with van der Waals surface area (Å²) in [4.78, 5) is 6.52. The highest BCUT2D eigenvalue weighted by Crippen LogP contribution is 2.20. The maximum absolute atomic E-state index is 9.64. The molecule has 1 fully saturated rings. The van der Waals surface area contributed by atoms with Crippen molar-refractivity contribution >= 4 is 0 Å². The van der Waals surface area contributed by atoms with Gasteiger partial charge in [0.1, 0.15) is 6.61 Å². The van der Waals surface area contributed by atoms with E-state index in [-0.39, 0.29) is 6.10 Å². The van der Waals surface area contributed by atoms with Gasteiger partial charge < -0.3 is 14.4 Å². The quantitative estimate of drug-likeness (QED) is 0.839. The second-order valence-electron chi connectivity index (χ2n) is 4.92. The number of methoxy groups -OCH3 is 1. The van der Waals surface area contributed by atoms with Crippen LogP contribution in [0.1, 0.15) is 31.5 Å². The number of aromatic nitrogens is 2. The molecule has 0 aliphatic carbocycles. The van der Waals surface area contributed by atoms with Crippen molar-refractivity contribution in [1.29, 1.82) is 0 Å². The minimum Gasteiger partial charge on any atom is -0.393 e. The highest BCUT2D eigenvalue weighted by atomic mass is 16.5.